The third-order valence-electron chi connectivity index (χ3n) is 3.86. The number of ether oxygens (including phenoxy) is 2. The number of para-hydroxylation sites is 2. The van der Waals surface area contributed by atoms with E-state index in [-0.39, 0.29) is 12.6 Å². The van der Waals surface area contributed by atoms with Crippen LogP contribution in [0, 0.1) is 0 Å². The van der Waals surface area contributed by atoms with Gasteiger partial charge in [-0.2, -0.15) is 18.2 Å². The number of hydrogen-bond donors (Lipinski definition) is 0. The lowest BCUT2D eigenvalue weighted by Crippen LogP contribution is -2.18. The smallest absolute Gasteiger partial charge is 0.423 e. The molecule has 0 aliphatic heterocycles. The molecule has 0 fully saturated rings. The third-order valence-corrected chi connectivity index (χ3v) is 3.86. The van der Waals surface area contributed by atoms with Crippen molar-refractivity contribution in [1.82, 2.24) is 9.97 Å². The van der Waals surface area contributed by atoms with Crippen LogP contribution in [0.1, 0.15) is 38.7 Å². The molecule has 148 valence electrons. The molecule has 0 radical (unpaired) electrons. The van der Waals surface area contributed by atoms with E-state index in [9.17, 15) is 13.2 Å². The molecule has 2 aromatic rings. The summed E-state index contributed by atoms with van der Waals surface area (Å²) in [5.74, 6) is 0.237. The first-order valence-corrected chi connectivity index (χ1v) is 8.91. The molecule has 0 N–H and O–H groups in total. The van der Waals surface area contributed by atoms with E-state index in [4.69, 9.17) is 9.47 Å². The van der Waals surface area contributed by atoms with Gasteiger partial charge in [0.1, 0.15) is 11.3 Å². The molecule has 1 heterocycles. The van der Waals surface area contributed by atoms with Crippen LogP contribution in [0.2, 0.25) is 0 Å². The highest BCUT2D eigenvalue weighted by atomic mass is 19.4. The molecule has 0 aliphatic carbocycles. The zero-order valence-corrected chi connectivity index (χ0v) is 15.7. The van der Waals surface area contributed by atoms with Crippen LogP contribution < -0.4 is 14.4 Å². The van der Waals surface area contributed by atoms with E-state index in [1.165, 1.54) is 0 Å². The molecule has 8 heteroatoms. The normalized spacial score (nSPS) is 11.3. The zero-order chi connectivity index (χ0) is 19.9. The highest BCUT2D eigenvalue weighted by molar-refractivity contribution is 5.65. The van der Waals surface area contributed by atoms with Crippen LogP contribution in [0.25, 0.3) is 0 Å². The number of unbranched alkanes of at least 4 members (excludes halogenated alkanes) is 2. The van der Waals surface area contributed by atoms with Crippen LogP contribution in [0.3, 0.4) is 0 Å². The first-order chi connectivity index (χ1) is 12.9. The number of nitrogens with zero attached hydrogens (tertiary/aromatic N) is 3. The van der Waals surface area contributed by atoms with Gasteiger partial charge in [0, 0.05) is 13.2 Å². The summed E-state index contributed by atoms with van der Waals surface area (Å²) in [5, 5.41) is 0. The fourth-order valence-electron chi connectivity index (χ4n) is 2.46. The Balaban J connectivity index is 2.34. The van der Waals surface area contributed by atoms with Crippen molar-refractivity contribution in [2.24, 2.45) is 0 Å². The van der Waals surface area contributed by atoms with Crippen molar-refractivity contribution in [2.75, 3.05) is 25.2 Å². The maximum atomic E-state index is 13.3. The third kappa shape index (κ3) is 5.48. The van der Waals surface area contributed by atoms with E-state index >= 15 is 0 Å². The van der Waals surface area contributed by atoms with E-state index in [0.29, 0.717) is 24.5 Å². The molecule has 2 rings (SSSR count). The average molecular weight is 383 g/mol. The number of alkyl halides is 3. The van der Waals surface area contributed by atoms with Gasteiger partial charge in [-0.1, -0.05) is 31.9 Å². The van der Waals surface area contributed by atoms with Crippen molar-refractivity contribution >= 4 is 11.6 Å². The first-order valence-electron chi connectivity index (χ1n) is 8.91. The van der Waals surface area contributed by atoms with Gasteiger partial charge < -0.3 is 14.4 Å². The van der Waals surface area contributed by atoms with Crippen LogP contribution in [0.15, 0.2) is 30.5 Å². The molecule has 0 saturated heterocycles. The molecule has 0 aliphatic rings. The Hall–Kier alpha value is -2.51. The molecule has 0 saturated carbocycles. The fourth-order valence-corrected chi connectivity index (χ4v) is 2.46. The lowest BCUT2D eigenvalue weighted by molar-refractivity contribution is -0.139. The second-order valence-corrected chi connectivity index (χ2v) is 5.90. The van der Waals surface area contributed by atoms with Crippen LogP contribution >= 0.6 is 0 Å². The average Bonchev–Trinajstić information content (AvgIpc) is 2.64. The highest BCUT2D eigenvalue weighted by Crippen LogP contribution is 2.37. The number of aromatic nitrogens is 2. The summed E-state index contributed by atoms with van der Waals surface area (Å²) in [7, 11) is 1.67. The van der Waals surface area contributed by atoms with Gasteiger partial charge in [-0.25, -0.2) is 4.98 Å². The summed E-state index contributed by atoms with van der Waals surface area (Å²) < 4.78 is 50.7. The second-order valence-electron chi connectivity index (χ2n) is 5.90. The largest absolute Gasteiger partial charge is 0.492 e. The monoisotopic (exact) mass is 383 g/mol. The Morgan fingerprint density at radius 1 is 1.07 bits per heavy atom. The molecule has 5 nitrogen and oxygen atoms in total. The summed E-state index contributed by atoms with van der Waals surface area (Å²) in [4.78, 5) is 9.49. The fraction of sp³-hybridized carbons (Fsp3) is 0.474. The minimum absolute atomic E-state index is 0.0978. The van der Waals surface area contributed by atoms with Gasteiger partial charge in [-0.3, -0.25) is 0 Å². The molecule has 1 aromatic heterocycles. The molecule has 27 heavy (non-hydrogen) atoms. The zero-order valence-electron chi connectivity index (χ0n) is 15.7. The minimum Gasteiger partial charge on any atom is -0.492 e. The van der Waals surface area contributed by atoms with Crippen LogP contribution in [-0.2, 0) is 6.18 Å². The first kappa shape index (κ1) is 20.8. The van der Waals surface area contributed by atoms with Crippen LogP contribution in [0.5, 0.6) is 11.6 Å². The lowest BCUT2D eigenvalue weighted by atomic mass is 10.2. The Morgan fingerprint density at radius 3 is 2.48 bits per heavy atom. The van der Waals surface area contributed by atoms with Gasteiger partial charge in [0.15, 0.2) is 0 Å². The second kappa shape index (κ2) is 9.43. The van der Waals surface area contributed by atoms with Crippen molar-refractivity contribution in [3.8, 4) is 11.6 Å². The predicted octanol–water partition coefficient (Wildman–Crippen LogP) is 5.23. The SMILES string of the molecule is CCCCCOc1nc(N(C)c2ccccc2OCC)ncc1C(F)(F)F. The summed E-state index contributed by atoms with van der Waals surface area (Å²) in [5.41, 5.74) is -0.328. The van der Waals surface area contributed by atoms with E-state index in [2.05, 4.69) is 9.97 Å². The summed E-state index contributed by atoms with van der Waals surface area (Å²) in [6.45, 7) is 4.50. The standard InChI is InChI=1S/C19H24F3N3O2/c1-4-6-9-12-27-17-14(19(20,21)22)13-23-18(24-17)25(3)15-10-7-8-11-16(15)26-5-2/h7-8,10-11,13H,4-6,9,12H2,1-3H3. The van der Waals surface area contributed by atoms with Gasteiger partial charge >= 0.3 is 6.18 Å². The number of benzene rings is 1. The van der Waals surface area contributed by atoms with Crippen LogP contribution in [-0.4, -0.2) is 30.2 Å². The van der Waals surface area contributed by atoms with Crippen molar-refractivity contribution in [3.05, 3.63) is 36.0 Å². The Labute approximate surface area is 157 Å². The molecule has 0 spiro atoms. The Morgan fingerprint density at radius 2 is 1.81 bits per heavy atom. The molecule has 0 atom stereocenters. The summed E-state index contributed by atoms with van der Waals surface area (Å²) in [6, 6.07) is 7.19. The lowest BCUT2D eigenvalue weighted by Gasteiger charge is -2.21. The van der Waals surface area contributed by atoms with Crippen LogP contribution in [0.4, 0.5) is 24.8 Å². The van der Waals surface area contributed by atoms with Crippen molar-refractivity contribution in [2.45, 2.75) is 39.3 Å². The number of anilines is 2. The van der Waals surface area contributed by atoms with E-state index in [1.54, 1.807) is 30.1 Å². The van der Waals surface area contributed by atoms with Gasteiger partial charge in [-0.15, -0.1) is 0 Å². The molecule has 1 aromatic carbocycles. The van der Waals surface area contributed by atoms with E-state index < -0.39 is 17.6 Å². The van der Waals surface area contributed by atoms with Gasteiger partial charge in [0.2, 0.25) is 11.8 Å². The quantitative estimate of drug-likeness (QED) is 0.555. The van der Waals surface area contributed by atoms with E-state index in [0.717, 1.165) is 19.0 Å². The van der Waals surface area contributed by atoms with Gasteiger partial charge in [0.25, 0.3) is 0 Å². The minimum atomic E-state index is -4.58. The number of rotatable bonds is 9. The molecular weight excluding hydrogens is 359 g/mol. The number of halogens is 3. The van der Waals surface area contributed by atoms with Crippen molar-refractivity contribution < 1.29 is 22.6 Å². The maximum absolute atomic E-state index is 13.3. The molecule has 0 amide bonds. The molecule has 0 unspecified atom stereocenters. The van der Waals surface area contributed by atoms with Crippen molar-refractivity contribution in [1.29, 1.82) is 0 Å². The summed E-state index contributed by atoms with van der Waals surface area (Å²) >= 11 is 0. The number of hydrogen-bond acceptors (Lipinski definition) is 5. The molecular formula is C19H24F3N3O2. The van der Waals surface area contributed by atoms with E-state index in [1.807, 2.05) is 19.9 Å². The Kier molecular flexibility index (Phi) is 7.27. The summed E-state index contributed by atoms with van der Waals surface area (Å²) in [6.07, 6.45) is -1.34. The Bertz CT molecular complexity index is 738. The van der Waals surface area contributed by atoms with Gasteiger partial charge in [-0.05, 0) is 25.5 Å². The molecule has 0 bridgehead atoms. The maximum Gasteiger partial charge on any atom is 0.423 e. The van der Waals surface area contributed by atoms with Gasteiger partial charge in [0.05, 0.1) is 18.9 Å². The van der Waals surface area contributed by atoms with Crippen molar-refractivity contribution in [3.63, 3.8) is 0 Å². The topological polar surface area (TPSA) is 47.5 Å². The predicted molar refractivity (Wildman–Crippen MR) is 97.7 cm³/mol. The highest BCUT2D eigenvalue weighted by Gasteiger charge is 2.36.